The number of aromatic nitrogens is 1. The van der Waals surface area contributed by atoms with E-state index in [0.29, 0.717) is 16.5 Å². The summed E-state index contributed by atoms with van der Waals surface area (Å²) in [7, 11) is 1.42. The lowest BCUT2D eigenvalue weighted by Crippen LogP contribution is -1.98. The van der Waals surface area contributed by atoms with E-state index in [1.165, 1.54) is 25.3 Å². The molecule has 5 nitrogen and oxygen atoms in total. The number of methoxy groups -OCH3 is 1. The van der Waals surface area contributed by atoms with Crippen LogP contribution in [0.15, 0.2) is 36.5 Å². The van der Waals surface area contributed by atoms with E-state index >= 15 is 0 Å². The molecular formula is C13H10ClNO4. The van der Waals surface area contributed by atoms with E-state index in [1.54, 1.807) is 18.3 Å². The first-order chi connectivity index (χ1) is 9.11. The standard InChI is InChI=1S/C13H10ClNO4/c1-18-11-7-8(13(16)17)4-5-10(11)19-12-9(14)3-2-6-15-12/h2-7H,1H3,(H,16,17). The molecule has 98 valence electrons. The van der Waals surface area contributed by atoms with Crippen LogP contribution in [-0.4, -0.2) is 23.2 Å². The number of ether oxygens (including phenoxy) is 2. The van der Waals surface area contributed by atoms with Crippen LogP contribution in [0.4, 0.5) is 0 Å². The Bertz CT molecular complexity index is 615. The summed E-state index contributed by atoms with van der Waals surface area (Å²) >= 11 is 5.93. The van der Waals surface area contributed by atoms with Crippen molar-refractivity contribution in [3.8, 4) is 17.4 Å². The van der Waals surface area contributed by atoms with Crippen molar-refractivity contribution in [3.05, 3.63) is 47.1 Å². The second-order valence-electron chi connectivity index (χ2n) is 3.56. The molecule has 0 radical (unpaired) electrons. The van der Waals surface area contributed by atoms with Crippen LogP contribution in [0.5, 0.6) is 17.4 Å². The molecule has 0 spiro atoms. The fraction of sp³-hybridized carbons (Fsp3) is 0.0769. The van der Waals surface area contributed by atoms with E-state index in [0.717, 1.165) is 0 Å². The van der Waals surface area contributed by atoms with Crippen LogP contribution >= 0.6 is 11.6 Å². The molecule has 0 aliphatic rings. The van der Waals surface area contributed by atoms with Gasteiger partial charge in [-0.2, -0.15) is 0 Å². The molecule has 0 unspecified atom stereocenters. The van der Waals surface area contributed by atoms with Crippen LogP contribution in [0.3, 0.4) is 0 Å². The fourth-order valence-corrected chi connectivity index (χ4v) is 1.60. The van der Waals surface area contributed by atoms with Crippen LogP contribution in [0.2, 0.25) is 5.02 Å². The van der Waals surface area contributed by atoms with E-state index in [1.807, 2.05) is 0 Å². The molecule has 0 aliphatic heterocycles. The van der Waals surface area contributed by atoms with Crippen molar-refractivity contribution in [2.75, 3.05) is 7.11 Å². The summed E-state index contributed by atoms with van der Waals surface area (Å²) in [6.45, 7) is 0. The minimum atomic E-state index is -1.04. The Kier molecular flexibility index (Phi) is 3.87. The van der Waals surface area contributed by atoms with Gasteiger partial charge in [-0.3, -0.25) is 0 Å². The molecule has 1 aromatic heterocycles. The van der Waals surface area contributed by atoms with Crippen molar-refractivity contribution < 1.29 is 19.4 Å². The Morgan fingerprint density at radius 1 is 1.32 bits per heavy atom. The number of carbonyl (C=O) groups is 1. The molecule has 2 aromatic rings. The third-order valence-electron chi connectivity index (χ3n) is 2.34. The molecule has 1 heterocycles. The summed E-state index contributed by atoms with van der Waals surface area (Å²) in [6, 6.07) is 7.60. The second-order valence-corrected chi connectivity index (χ2v) is 3.97. The highest BCUT2D eigenvalue weighted by molar-refractivity contribution is 6.31. The summed E-state index contributed by atoms with van der Waals surface area (Å²) in [5, 5.41) is 9.25. The summed E-state index contributed by atoms with van der Waals surface area (Å²) in [4.78, 5) is 14.8. The number of carboxylic acids is 1. The normalized spacial score (nSPS) is 10.0. The number of carboxylic acid groups (broad SMARTS) is 1. The molecule has 0 saturated heterocycles. The lowest BCUT2D eigenvalue weighted by molar-refractivity contribution is 0.0696. The first kappa shape index (κ1) is 13.2. The van der Waals surface area contributed by atoms with Gasteiger partial charge in [0.25, 0.3) is 0 Å². The molecule has 0 saturated carbocycles. The van der Waals surface area contributed by atoms with Crippen molar-refractivity contribution >= 4 is 17.6 Å². The van der Waals surface area contributed by atoms with Crippen LogP contribution in [-0.2, 0) is 0 Å². The molecule has 1 N–H and O–H groups in total. The zero-order valence-corrected chi connectivity index (χ0v) is 10.7. The average molecular weight is 280 g/mol. The first-order valence-corrected chi connectivity index (χ1v) is 5.69. The highest BCUT2D eigenvalue weighted by atomic mass is 35.5. The van der Waals surface area contributed by atoms with E-state index < -0.39 is 5.97 Å². The predicted molar refractivity (Wildman–Crippen MR) is 69.3 cm³/mol. The minimum Gasteiger partial charge on any atom is -0.493 e. The fourth-order valence-electron chi connectivity index (χ4n) is 1.44. The van der Waals surface area contributed by atoms with Crippen LogP contribution in [0.25, 0.3) is 0 Å². The van der Waals surface area contributed by atoms with E-state index in [-0.39, 0.29) is 11.4 Å². The van der Waals surface area contributed by atoms with Crippen LogP contribution in [0, 0.1) is 0 Å². The molecule has 19 heavy (non-hydrogen) atoms. The van der Waals surface area contributed by atoms with Crippen molar-refractivity contribution in [2.24, 2.45) is 0 Å². The number of halogens is 1. The lowest BCUT2D eigenvalue weighted by atomic mass is 10.2. The third-order valence-corrected chi connectivity index (χ3v) is 2.63. The zero-order chi connectivity index (χ0) is 13.8. The number of pyridine rings is 1. The van der Waals surface area contributed by atoms with Gasteiger partial charge >= 0.3 is 5.97 Å². The van der Waals surface area contributed by atoms with Crippen LogP contribution in [0.1, 0.15) is 10.4 Å². The molecule has 1 aromatic carbocycles. The average Bonchev–Trinajstić information content (AvgIpc) is 2.41. The molecule has 0 aliphatic carbocycles. The molecule has 6 heteroatoms. The van der Waals surface area contributed by atoms with Crippen molar-refractivity contribution in [2.45, 2.75) is 0 Å². The molecule has 0 atom stereocenters. The summed E-state index contributed by atoms with van der Waals surface area (Å²) in [5.41, 5.74) is 0.108. The van der Waals surface area contributed by atoms with Gasteiger partial charge in [-0.05, 0) is 30.3 Å². The van der Waals surface area contributed by atoms with Gasteiger partial charge in [-0.1, -0.05) is 11.6 Å². The van der Waals surface area contributed by atoms with Gasteiger partial charge in [-0.15, -0.1) is 0 Å². The van der Waals surface area contributed by atoms with Gasteiger partial charge in [0, 0.05) is 6.20 Å². The maximum absolute atomic E-state index is 10.9. The van der Waals surface area contributed by atoms with Gasteiger partial charge in [0.05, 0.1) is 12.7 Å². The number of nitrogens with zero attached hydrogens (tertiary/aromatic N) is 1. The maximum atomic E-state index is 10.9. The minimum absolute atomic E-state index is 0.108. The molecular weight excluding hydrogens is 270 g/mol. The number of benzene rings is 1. The molecule has 0 amide bonds. The van der Waals surface area contributed by atoms with E-state index in [9.17, 15) is 4.79 Å². The third kappa shape index (κ3) is 2.95. The smallest absolute Gasteiger partial charge is 0.335 e. The van der Waals surface area contributed by atoms with Crippen molar-refractivity contribution in [1.82, 2.24) is 4.98 Å². The van der Waals surface area contributed by atoms with E-state index in [2.05, 4.69) is 4.98 Å². The highest BCUT2D eigenvalue weighted by Gasteiger charge is 2.12. The lowest BCUT2D eigenvalue weighted by Gasteiger charge is -2.10. The number of aromatic carboxylic acids is 1. The number of rotatable bonds is 4. The Morgan fingerprint density at radius 3 is 2.74 bits per heavy atom. The zero-order valence-electron chi connectivity index (χ0n) is 9.96. The Morgan fingerprint density at radius 2 is 2.11 bits per heavy atom. The second kappa shape index (κ2) is 5.58. The van der Waals surface area contributed by atoms with Gasteiger partial charge in [0.1, 0.15) is 5.02 Å². The number of hydrogen-bond acceptors (Lipinski definition) is 4. The summed E-state index contributed by atoms with van der Waals surface area (Å²) in [5.74, 6) is -0.180. The highest BCUT2D eigenvalue weighted by Crippen LogP contribution is 2.34. The predicted octanol–water partition coefficient (Wildman–Crippen LogP) is 3.23. The van der Waals surface area contributed by atoms with Gasteiger partial charge in [0.2, 0.25) is 5.88 Å². The monoisotopic (exact) mass is 279 g/mol. The van der Waals surface area contributed by atoms with Crippen molar-refractivity contribution in [3.63, 3.8) is 0 Å². The largest absolute Gasteiger partial charge is 0.493 e. The molecule has 2 rings (SSSR count). The quantitative estimate of drug-likeness (QED) is 0.930. The van der Waals surface area contributed by atoms with Gasteiger partial charge in [0.15, 0.2) is 11.5 Å². The Balaban J connectivity index is 2.35. The topological polar surface area (TPSA) is 68.7 Å². The number of hydrogen-bond donors (Lipinski definition) is 1. The summed E-state index contributed by atoms with van der Waals surface area (Å²) in [6.07, 6.45) is 1.54. The Labute approximate surface area is 114 Å². The van der Waals surface area contributed by atoms with E-state index in [4.69, 9.17) is 26.2 Å². The van der Waals surface area contributed by atoms with Gasteiger partial charge < -0.3 is 14.6 Å². The van der Waals surface area contributed by atoms with Crippen molar-refractivity contribution in [1.29, 1.82) is 0 Å². The summed E-state index contributed by atoms with van der Waals surface area (Å²) < 4.78 is 10.6. The SMILES string of the molecule is COc1cc(C(=O)O)ccc1Oc1ncccc1Cl. The van der Waals surface area contributed by atoms with Gasteiger partial charge in [-0.25, -0.2) is 9.78 Å². The first-order valence-electron chi connectivity index (χ1n) is 5.31. The molecule has 0 bridgehead atoms. The Hall–Kier alpha value is -2.27. The maximum Gasteiger partial charge on any atom is 0.335 e. The van der Waals surface area contributed by atoms with Crippen LogP contribution < -0.4 is 9.47 Å². The molecule has 0 fully saturated rings.